The summed E-state index contributed by atoms with van der Waals surface area (Å²) >= 11 is 6.34. The number of halogens is 2. The van der Waals surface area contributed by atoms with Crippen LogP contribution in [0.15, 0.2) is 50.2 Å². The molecule has 21 heavy (non-hydrogen) atoms. The van der Waals surface area contributed by atoms with Crippen LogP contribution in [0.5, 0.6) is 5.75 Å². The van der Waals surface area contributed by atoms with Crippen molar-refractivity contribution in [2.45, 2.75) is 4.90 Å². The molecule has 0 fully saturated rings. The van der Waals surface area contributed by atoms with Crippen LogP contribution in [0.4, 0.5) is 5.69 Å². The zero-order valence-corrected chi connectivity index (χ0v) is 14.3. The first-order valence-electron chi connectivity index (χ1n) is 5.54. The first kappa shape index (κ1) is 15.8. The van der Waals surface area contributed by atoms with Crippen LogP contribution in [0.1, 0.15) is 5.56 Å². The molecule has 0 saturated heterocycles. The number of rotatable bonds is 3. The van der Waals surface area contributed by atoms with Crippen molar-refractivity contribution in [2.75, 3.05) is 4.72 Å². The molecule has 0 saturated carbocycles. The molecule has 0 unspecified atom stereocenters. The molecule has 0 bridgehead atoms. The van der Waals surface area contributed by atoms with E-state index < -0.39 is 10.0 Å². The fraction of sp³-hybridized carbons (Fsp3) is 0. The van der Waals surface area contributed by atoms with Gasteiger partial charge in [-0.15, -0.1) is 0 Å². The van der Waals surface area contributed by atoms with Crippen LogP contribution in [0.2, 0.25) is 0 Å². The van der Waals surface area contributed by atoms with E-state index in [1.54, 1.807) is 0 Å². The topological polar surface area (TPSA) is 90.2 Å². The lowest BCUT2D eigenvalue weighted by atomic mass is 10.2. The minimum Gasteiger partial charge on any atom is -0.507 e. The molecule has 108 valence electrons. The van der Waals surface area contributed by atoms with Crippen LogP contribution >= 0.6 is 31.9 Å². The number of nitriles is 1. The van der Waals surface area contributed by atoms with Crippen LogP contribution in [0.25, 0.3) is 0 Å². The standard InChI is InChI=1S/C13H8Br2N2O3S/c14-10-5-11(15)13(18)6-12(10)17-21(19,20)9-3-1-2-8(4-9)7-16/h1-6,17-18H. The van der Waals surface area contributed by atoms with Gasteiger partial charge in [0.25, 0.3) is 10.0 Å². The summed E-state index contributed by atoms with van der Waals surface area (Å²) < 4.78 is 27.8. The largest absolute Gasteiger partial charge is 0.507 e. The highest BCUT2D eigenvalue weighted by Crippen LogP contribution is 2.34. The summed E-state index contributed by atoms with van der Waals surface area (Å²) in [6, 6.07) is 10.3. The van der Waals surface area contributed by atoms with Gasteiger partial charge in [-0.1, -0.05) is 6.07 Å². The maximum Gasteiger partial charge on any atom is 0.261 e. The molecule has 0 spiro atoms. The minimum absolute atomic E-state index is 0.0316. The van der Waals surface area contributed by atoms with E-state index in [9.17, 15) is 13.5 Å². The Kier molecular flexibility index (Phi) is 4.56. The number of phenols is 1. The highest BCUT2D eigenvalue weighted by molar-refractivity contribution is 9.11. The van der Waals surface area contributed by atoms with Crippen molar-refractivity contribution in [3.8, 4) is 11.8 Å². The highest BCUT2D eigenvalue weighted by Gasteiger charge is 2.17. The number of anilines is 1. The van der Waals surface area contributed by atoms with Gasteiger partial charge < -0.3 is 5.11 Å². The first-order chi connectivity index (χ1) is 9.83. The fourth-order valence-electron chi connectivity index (χ4n) is 1.55. The summed E-state index contributed by atoms with van der Waals surface area (Å²) in [5, 5.41) is 18.4. The van der Waals surface area contributed by atoms with E-state index in [1.165, 1.54) is 36.4 Å². The van der Waals surface area contributed by atoms with Crippen LogP contribution in [0.3, 0.4) is 0 Å². The smallest absolute Gasteiger partial charge is 0.261 e. The highest BCUT2D eigenvalue weighted by atomic mass is 79.9. The Morgan fingerprint density at radius 2 is 1.86 bits per heavy atom. The van der Waals surface area contributed by atoms with Crippen LogP contribution in [-0.2, 0) is 10.0 Å². The van der Waals surface area contributed by atoms with E-state index in [0.29, 0.717) is 8.95 Å². The third-order valence-electron chi connectivity index (χ3n) is 2.55. The molecule has 8 heteroatoms. The monoisotopic (exact) mass is 430 g/mol. The van der Waals surface area contributed by atoms with Crippen molar-refractivity contribution in [2.24, 2.45) is 0 Å². The molecule has 0 aliphatic carbocycles. The molecule has 2 N–H and O–H groups in total. The summed E-state index contributed by atoms with van der Waals surface area (Å²) in [5.74, 6) is -0.0957. The second-order valence-corrected chi connectivity index (χ2v) is 7.42. The van der Waals surface area contributed by atoms with E-state index in [2.05, 4.69) is 36.6 Å². The van der Waals surface area contributed by atoms with Crippen molar-refractivity contribution in [1.29, 1.82) is 5.26 Å². The molecule has 0 aliphatic heterocycles. The number of hydrogen-bond acceptors (Lipinski definition) is 4. The molecule has 0 heterocycles. The summed E-state index contributed by atoms with van der Waals surface area (Å²) in [7, 11) is -3.86. The molecule has 0 aliphatic rings. The first-order valence-corrected chi connectivity index (χ1v) is 8.61. The van der Waals surface area contributed by atoms with E-state index in [0.717, 1.165) is 0 Å². The Bertz CT molecular complexity index is 845. The SMILES string of the molecule is N#Cc1cccc(S(=O)(=O)Nc2cc(O)c(Br)cc2Br)c1. The van der Waals surface area contributed by atoms with E-state index in [1.807, 2.05) is 6.07 Å². The van der Waals surface area contributed by atoms with Crippen molar-refractivity contribution >= 4 is 47.6 Å². The zero-order valence-electron chi connectivity index (χ0n) is 10.3. The maximum absolute atomic E-state index is 12.3. The molecule has 0 radical (unpaired) electrons. The lowest BCUT2D eigenvalue weighted by Crippen LogP contribution is -2.13. The van der Waals surface area contributed by atoms with Gasteiger partial charge in [0.05, 0.1) is 26.7 Å². The number of nitrogens with zero attached hydrogens (tertiary/aromatic N) is 1. The summed E-state index contributed by atoms with van der Waals surface area (Å²) in [6.45, 7) is 0. The minimum atomic E-state index is -3.86. The van der Waals surface area contributed by atoms with Crippen LogP contribution in [0, 0.1) is 11.3 Å². The lowest BCUT2D eigenvalue weighted by molar-refractivity contribution is 0.472. The molecular formula is C13H8Br2N2O3S. The predicted octanol–water partition coefficient (Wildman–Crippen LogP) is 3.59. The van der Waals surface area contributed by atoms with Crippen molar-refractivity contribution < 1.29 is 13.5 Å². The van der Waals surface area contributed by atoms with Gasteiger partial charge >= 0.3 is 0 Å². The predicted molar refractivity (Wildman–Crippen MR) is 85.5 cm³/mol. The quantitative estimate of drug-likeness (QED) is 0.776. The van der Waals surface area contributed by atoms with Gasteiger partial charge in [-0.2, -0.15) is 5.26 Å². The van der Waals surface area contributed by atoms with E-state index >= 15 is 0 Å². The number of hydrogen-bond donors (Lipinski definition) is 2. The second kappa shape index (κ2) is 6.05. The number of benzene rings is 2. The molecular weight excluding hydrogens is 424 g/mol. The van der Waals surface area contributed by atoms with Gasteiger partial charge in [0.1, 0.15) is 5.75 Å². The third kappa shape index (κ3) is 3.56. The molecule has 0 amide bonds. The van der Waals surface area contributed by atoms with Crippen molar-refractivity contribution in [1.82, 2.24) is 0 Å². The molecule has 2 aromatic carbocycles. The lowest BCUT2D eigenvalue weighted by Gasteiger charge is -2.11. The summed E-state index contributed by atoms with van der Waals surface area (Å²) in [4.78, 5) is -0.0316. The molecule has 2 aromatic rings. The third-order valence-corrected chi connectivity index (χ3v) is 5.21. The molecule has 5 nitrogen and oxygen atoms in total. The van der Waals surface area contributed by atoms with Gasteiger partial charge in [-0.05, 0) is 56.1 Å². The second-order valence-electron chi connectivity index (χ2n) is 4.03. The van der Waals surface area contributed by atoms with Crippen molar-refractivity contribution in [3.63, 3.8) is 0 Å². The van der Waals surface area contributed by atoms with Crippen LogP contribution < -0.4 is 4.72 Å². The number of phenolic OH excluding ortho intramolecular Hbond substituents is 1. The Balaban J connectivity index is 2.42. The van der Waals surface area contributed by atoms with E-state index in [4.69, 9.17) is 5.26 Å². The Morgan fingerprint density at radius 3 is 2.52 bits per heavy atom. The molecule has 0 atom stereocenters. The summed E-state index contributed by atoms with van der Waals surface area (Å²) in [6.07, 6.45) is 0. The Labute approximate surface area is 138 Å². The fourth-order valence-corrected chi connectivity index (χ4v) is 3.89. The molecule has 2 rings (SSSR count). The average Bonchev–Trinajstić information content (AvgIpc) is 2.44. The van der Waals surface area contributed by atoms with Crippen LogP contribution in [-0.4, -0.2) is 13.5 Å². The Hall–Kier alpha value is -1.56. The van der Waals surface area contributed by atoms with Gasteiger partial charge in [0, 0.05) is 10.5 Å². The number of nitrogens with one attached hydrogen (secondary N) is 1. The van der Waals surface area contributed by atoms with Gasteiger partial charge in [0.2, 0.25) is 0 Å². The number of sulfonamides is 1. The Morgan fingerprint density at radius 1 is 1.14 bits per heavy atom. The van der Waals surface area contributed by atoms with Gasteiger partial charge in [-0.3, -0.25) is 4.72 Å². The number of aromatic hydroxyl groups is 1. The average molecular weight is 432 g/mol. The molecule has 0 aromatic heterocycles. The maximum atomic E-state index is 12.3. The van der Waals surface area contributed by atoms with E-state index in [-0.39, 0.29) is 21.9 Å². The normalized spacial score (nSPS) is 10.9. The van der Waals surface area contributed by atoms with Gasteiger partial charge in [0.15, 0.2) is 0 Å². The zero-order chi connectivity index (χ0) is 15.6. The van der Waals surface area contributed by atoms with Crippen molar-refractivity contribution in [3.05, 3.63) is 50.9 Å². The summed E-state index contributed by atoms with van der Waals surface area (Å²) in [5.41, 5.74) is 0.439. The van der Waals surface area contributed by atoms with Gasteiger partial charge in [-0.25, -0.2) is 8.42 Å².